The van der Waals surface area contributed by atoms with Crippen molar-refractivity contribution in [3.8, 4) is 11.3 Å². The molecule has 1 nitrogen and oxygen atoms in total. The van der Waals surface area contributed by atoms with Crippen molar-refractivity contribution in [1.82, 2.24) is 4.98 Å². The molecule has 0 spiro atoms. The second kappa shape index (κ2) is 3.81. The van der Waals surface area contributed by atoms with Gasteiger partial charge in [-0.2, -0.15) is 0 Å². The van der Waals surface area contributed by atoms with E-state index in [9.17, 15) is 0 Å². The Morgan fingerprint density at radius 3 is 2.64 bits per heavy atom. The van der Waals surface area contributed by atoms with Gasteiger partial charge in [-0.15, -0.1) is 0 Å². The van der Waals surface area contributed by atoms with Gasteiger partial charge in [0, 0.05) is 11.8 Å². The molecular formula is C12H10ClN. The first-order valence-corrected chi connectivity index (χ1v) is 4.83. The maximum atomic E-state index is 6.19. The normalized spacial score (nSPS) is 10.1. The molecule has 0 aliphatic carbocycles. The molecule has 0 radical (unpaired) electrons. The second-order valence-electron chi connectivity index (χ2n) is 3.15. The fourth-order valence-corrected chi connectivity index (χ4v) is 1.59. The van der Waals surface area contributed by atoms with Gasteiger partial charge >= 0.3 is 0 Å². The van der Waals surface area contributed by atoms with E-state index in [-0.39, 0.29) is 0 Å². The van der Waals surface area contributed by atoms with Crippen LogP contribution < -0.4 is 0 Å². The van der Waals surface area contributed by atoms with E-state index >= 15 is 0 Å². The summed E-state index contributed by atoms with van der Waals surface area (Å²) in [6.45, 7) is 1.99. The average Bonchev–Trinajstić information content (AvgIpc) is 2.23. The molecule has 0 aliphatic rings. The van der Waals surface area contributed by atoms with E-state index in [0.717, 1.165) is 21.8 Å². The highest BCUT2D eigenvalue weighted by molar-refractivity contribution is 6.34. The minimum absolute atomic E-state index is 0.784. The van der Waals surface area contributed by atoms with Crippen LogP contribution in [0.2, 0.25) is 5.02 Å². The van der Waals surface area contributed by atoms with E-state index in [0.29, 0.717) is 0 Å². The number of aryl methyl sites for hydroxylation is 1. The van der Waals surface area contributed by atoms with Gasteiger partial charge in [0.1, 0.15) is 0 Å². The molecule has 0 unspecified atom stereocenters. The van der Waals surface area contributed by atoms with Gasteiger partial charge in [0.05, 0.1) is 10.7 Å². The van der Waals surface area contributed by atoms with Crippen LogP contribution in [-0.2, 0) is 0 Å². The molecule has 0 saturated carbocycles. The van der Waals surface area contributed by atoms with Crippen molar-refractivity contribution in [2.24, 2.45) is 0 Å². The van der Waals surface area contributed by atoms with Gasteiger partial charge < -0.3 is 0 Å². The van der Waals surface area contributed by atoms with Gasteiger partial charge in [0.2, 0.25) is 0 Å². The Kier molecular flexibility index (Phi) is 2.51. The minimum Gasteiger partial charge on any atom is -0.256 e. The Bertz CT molecular complexity index is 437. The monoisotopic (exact) mass is 203 g/mol. The molecule has 2 heteroatoms. The van der Waals surface area contributed by atoms with Crippen molar-refractivity contribution < 1.29 is 0 Å². The Balaban J connectivity index is 2.58. The van der Waals surface area contributed by atoms with E-state index in [1.165, 1.54) is 0 Å². The number of halogens is 1. The molecule has 2 aromatic rings. The Morgan fingerprint density at radius 1 is 1.07 bits per heavy atom. The van der Waals surface area contributed by atoms with Gasteiger partial charge in [-0.3, -0.25) is 4.98 Å². The lowest BCUT2D eigenvalue weighted by Crippen LogP contribution is -1.85. The lowest BCUT2D eigenvalue weighted by Gasteiger charge is -2.05. The number of aromatic nitrogens is 1. The van der Waals surface area contributed by atoms with Crippen LogP contribution in [0.15, 0.2) is 42.6 Å². The number of rotatable bonds is 1. The molecule has 1 heterocycles. The van der Waals surface area contributed by atoms with Crippen LogP contribution in [0.4, 0.5) is 0 Å². The summed E-state index contributed by atoms with van der Waals surface area (Å²) in [6, 6.07) is 11.8. The zero-order valence-electron chi connectivity index (χ0n) is 7.87. The van der Waals surface area contributed by atoms with Gasteiger partial charge in [-0.1, -0.05) is 35.9 Å². The fraction of sp³-hybridized carbons (Fsp3) is 0.0833. The molecule has 0 amide bonds. The van der Waals surface area contributed by atoms with Crippen LogP contribution in [0.1, 0.15) is 5.56 Å². The van der Waals surface area contributed by atoms with Crippen LogP contribution >= 0.6 is 11.6 Å². The number of benzene rings is 1. The van der Waals surface area contributed by atoms with Crippen LogP contribution in [0.5, 0.6) is 0 Å². The van der Waals surface area contributed by atoms with E-state index in [1.807, 2.05) is 43.3 Å². The molecule has 2 rings (SSSR count). The maximum absolute atomic E-state index is 6.19. The largest absolute Gasteiger partial charge is 0.256 e. The van der Waals surface area contributed by atoms with E-state index in [4.69, 9.17) is 11.6 Å². The van der Waals surface area contributed by atoms with Crippen LogP contribution in [0.3, 0.4) is 0 Å². The van der Waals surface area contributed by atoms with Crippen LogP contribution in [0, 0.1) is 6.92 Å². The predicted octanol–water partition coefficient (Wildman–Crippen LogP) is 3.71. The van der Waals surface area contributed by atoms with E-state index in [2.05, 4.69) is 4.98 Å². The molecule has 0 atom stereocenters. The smallest absolute Gasteiger partial charge is 0.0717 e. The molecule has 1 aromatic carbocycles. The van der Waals surface area contributed by atoms with Crippen molar-refractivity contribution >= 4 is 11.6 Å². The highest BCUT2D eigenvalue weighted by atomic mass is 35.5. The van der Waals surface area contributed by atoms with Crippen LogP contribution in [0.25, 0.3) is 11.3 Å². The zero-order valence-corrected chi connectivity index (χ0v) is 8.62. The van der Waals surface area contributed by atoms with Gasteiger partial charge in [-0.25, -0.2) is 0 Å². The standard InChI is InChI=1S/C12H10ClN/c1-9-5-4-6-10(12(9)13)11-7-2-3-8-14-11/h2-8H,1H3. The summed E-state index contributed by atoms with van der Waals surface area (Å²) in [6.07, 6.45) is 1.77. The van der Waals surface area contributed by atoms with E-state index in [1.54, 1.807) is 6.20 Å². The van der Waals surface area contributed by atoms with E-state index < -0.39 is 0 Å². The van der Waals surface area contributed by atoms with Gasteiger partial charge in [0.25, 0.3) is 0 Å². The lowest BCUT2D eigenvalue weighted by molar-refractivity contribution is 1.32. The van der Waals surface area contributed by atoms with Gasteiger partial charge in [0.15, 0.2) is 0 Å². The van der Waals surface area contributed by atoms with Gasteiger partial charge in [-0.05, 0) is 24.6 Å². The van der Waals surface area contributed by atoms with Crippen molar-refractivity contribution in [3.05, 3.63) is 53.2 Å². The number of nitrogens with zero attached hydrogens (tertiary/aromatic N) is 1. The van der Waals surface area contributed by atoms with Crippen molar-refractivity contribution in [3.63, 3.8) is 0 Å². The lowest BCUT2D eigenvalue weighted by atomic mass is 10.1. The highest BCUT2D eigenvalue weighted by Gasteiger charge is 2.04. The summed E-state index contributed by atoms with van der Waals surface area (Å²) in [4.78, 5) is 4.27. The molecular weight excluding hydrogens is 194 g/mol. The summed E-state index contributed by atoms with van der Waals surface area (Å²) in [5.74, 6) is 0. The van der Waals surface area contributed by atoms with Crippen molar-refractivity contribution in [2.45, 2.75) is 6.92 Å². The molecule has 14 heavy (non-hydrogen) atoms. The average molecular weight is 204 g/mol. The summed E-state index contributed by atoms with van der Waals surface area (Å²) in [5.41, 5.74) is 2.99. The summed E-state index contributed by atoms with van der Waals surface area (Å²) < 4.78 is 0. The second-order valence-corrected chi connectivity index (χ2v) is 3.53. The third-order valence-corrected chi connectivity index (χ3v) is 2.63. The Hall–Kier alpha value is -1.34. The predicted molar refractivity (Wildman–Crippen MR) is 59.4 cm³/mol. The maximum Gasteiger partial charge on any atom is 0.0717 e. The first-order valence-electron chi connectivity index (χ1n) is 4.45. The molecule has 0 bridgehead atoms. The van der Waals surface area contributed by atoms with Crippen LogP contribution in [-0.4, -0.2) is 4.98 Å². The quantitative estimate of drug-likeness (QED) is 0.689. The van der Waals surface area contributed by atoms with Crippen molar-refractivity contribution in [1.29, 1.82) is 0 Å². The molecule has 0 saturated heterocycles. The first-order chi connectivity index (χ1) is 6.79. The Morgan fingerprint density at radius 2 is 1.93 bits per heavy atom. The Labute approximate surface area is 88.4 Å². The zero-order chi connectivity index (χ0) is 9.97. The fourth-order valence-electron chi connectivity index (χ4n) is 1.37. The minimum atomic E-state index is 0.784. The number of hydrogen-bond donors (Lipinski definition) is 0. The third-order valence-electron chi connectivity index (χ3n) is 2.13. The number of hydrogen-bond acceptors (Lipinski definition) is 1. The molecule has 0 aliphatic heterocycles. The summed E-state index contributed by atoms with van der Waals surface area (Å²) in [7, 11) is 0. The topological polar surface area (TPSA) is 12.9 Å². The van der Waals surface area contributed by atoms with Crippen molar-refractivity contribution in [2.75, 3.05) is 0 Å². The molecule has 0 fully saturated rings. The summed E-state index contributed by atoms with van der Waals surface area (Å²) >= 11 is 6.19. The highest BCUT2D eigenvalue weighted by Crippen LogP contribution is 2.28. The number of pyridine rings is 1. The third kappa shape index (κ3) is 1.64. The molecule has 1 aromatic heterocycles. The molecule has 0 N–H and O–H groups in total. The summed E-state index contributed by atoms with van der Waals surface area (Å²) in [5, 5.41) is 0.784. The first kappa shape index (κ1) is 9.22. The SMILES string of the molecule is Cc1cccc(-c2ccccn2)c1Cl. The molecule has 70 valence electrons.